The molecule has 1 heterocycles. The van der Waals surface area contributed by atoms with E-state index >= 15 is 0 Å². The highest BCUT2D eigenvalue weighted by molar-refractivity contribution is 5.09. The zero-order valence-corrected chi connectivity index (χ0v) is 10.7. The van der Waals surface area contributed by atoms with E-state index in [1.165, 1.54) is 5.56 Å². The zero-order chi connectivity index (χ0) is 12.0. The fourth-order valence-electron chi connectivity index (χ4n) is 1.73. The molecule has 16 heavy (non-hydrogen) atoms. The Labute approximate surface area is 98.5 Å². The van der Waals surface area contributed by atoms with Crippen LogP contribution in [0.4, 0.5) is 0 Å². The molecule has 0 aliphatic heterocycles. The van der Waals surface area contributed by atoms with E-state index in [2.05, 4.69) is 35.3 Å². The molecule has 1 aromatic rings. The summed E-state index contributed by atoms with van der Waals surface area (Å²) >= 11 is 0. The Morgan fingerprint density at radius 2 is 2.00 bits per heavy atom. The van der Waals surface area contributed by atoms with Gasteiger partial charge in [-0.1, -0.05) is 13.8 Å². The molecule has 0 aliphatic rings. The highest BCUT2D eigenvalue weighted by Gasteiger charge is 2.20. The normalized spacial score (nSPS) is 12.0. The summed E-state index contributed by atoms with van der Waals surface area (Å²) in [4.78, 5) is 0. The summed E-state index contributed by atoms with van der Waals surface area (Å²) in [6, 6.07) is 2.12. The molecule has 0 fully saturated rings. The van der Waals surface area contributed by atoms with E-state index in [1.54, 1.807) is 0 Å². The summed E-state index contributed by atoms with van der Waals surface area (Å²) in [5, 5.41) is 13.4. The van der Waals surface area contributed by atoms with Crippen molar-refractivity contribution in [2.24, 2.45) is 0 Å². The molecule has 1 aromatic heterocycles. The number of aliphatic hydroxyl groups is 1. The lowest BCUT2D eigenvalue weighted by Gasteiger charge is -2.25. The lowest BCUT2D eigenvalue weighted by Crippen LogP contribution is -2.39. The molecule has 1 rings (SSSR count). The lowest BCUT2D eigenvalue weighted by molar-refractivity contribution is 0.0323. The highest BCUT2D eigenvalue weighted by atomic mass is 16.3. The maximum Gasteiger partial charge on any atom is 0.0766 e. The minimum absolute atomic E-state index is 0.548. The van der Waals surface area contributed by atoms with Crippen molar-refractivity contribution in [1.29, 1.82) is 0 Å². The van der Waals surface area contributed by atoms with Crippen molar-refractivity contribution in [2.45, 2.75) is 52.3 Å². The number of hydrogen-bond donors (Lipinski definition) is 2. The summed E-state index contributed by atoms with van der Waals surface area (Å²) in [7, 11) is 0. The van der Waals surface area contributed by atoms with Crippen molar-refractivity contribution in [3.05, 3.63) is 24.0 Å². The molecular weight excluding hydrogens is 200 g/mol. The van der Waals surface area contributed by atoms with Gasteiger partial charge in [0.25, 0.3) is 0 Å². The Hall–Kier alpha value is -0.800. The van der Waals surface area contributed by atoms with E-state index in [0.717, 1.165) is 25.9 Å². The van der Waals surface area contributed by atoms with Crippen LogP contribution < -0.4 is 5.32 Å². The Balaban J connectivity index is 2.35. The SMILES string of the molecule is CCn1ccc(CNCC(O)(CC)CC)c1. The molecular formula is C13H24N2O. The standard InChI is InChI=1S/C13H24N2O/c1-4-13(16,5-2)11-14-9-12-7-8-15(6-3)10-12/h7-8,10,14,16H,4-6,9,11H2,1-3H3. The van der Waals surface area contributed by atoms with Gasteiger partial charge in [0.2, 0.25) is 0 Å². The van der Waals surface area contributed by atoms with E-state index in [4.69, 9.17) is 0 Å². The molecule has 0 amide bonds. The predicted octanol–water partition coefficient (Wildman–Crippen LogP) is 2.15. The van der Waals surface area contributed by atoms with Crippen LogP contribution in [0.3, 0.4) is 0 Å². The van der Waals surface area contributed by atoms with Crippen LogP contribution in [0.2, 0.25) is 0 Å². The van der Waals surface area contributed by atoms with E-state index < -0.39 is 5.60 Å². The van der Waals surface area contributed by atoms with Gasteiger partial charge < -0.3 is 15.0 Å². The average molecular weight is 224 g/mol. The third kappa shape index (κ3) is 3.65. The second kappa shape index (κ2) is 6.06. The fourth-order valence-corrected chi connectivity index (χ4v) is 1.73. The summed E-state index contributed by atoms with van der Waals surface area (Å²) < 4.78 is 2.16. The molecule has 0 atom stereocenters. The van der Waals surface area contributed by atoms with Crippen molar-refractivity contribution in [1.82, 2.24) is 9.88 Å². The molecule has 0 bridgehead atoms. The van der Waals surface area contributed by atoms with Gasteiger partial charge in [0, 0.05) is 32.0 Å². The van der Waals surface area contributed by atoms with Gasteiger partial charge in [-0.05, 0) is 31.4 Å². The van der Waals surface area contributed by atoms with Gasteiger partial charge in [-0.25, -0.2) is 0 Å². The molecule has 0 spiro atoms. The Morgan fingerprint density at radius 1 is 1.31 bits per heavy atom. The number of aryl methyl sites for hydroxylation is 1. The van der Waals surface area contributed by atoms with Crippen molar-refractivity contribution in [2.75, 3.05) is 6.54 Å². The lowest BCUT2D eigenvalue weighted by atomic mass is 9.97. The van der Waals surface area contributed by atoms with Crippen molar-refractivity contribution < 1.29 is 5.11 Å². The van der Waals surface area contributed by atoms with Crippen molar-refractivity contribution in [3.8, 4) is 0 Å². The molecule has 0 aliphatic carbocycles. The van der Waals surface area contributed by atoms with Crippen molar-refractivity contribution in [3.63, 3.8) is 0 Å². The van der Waals surface area contributed by atoms with Gasteiger partial charge in [-0.15, -0.1) is 0 Å². The zero-order valence-electron chi connectivity index (χ0n) is 10.7. The summed E-state index contributed by atoms with van der Waals surface area (Å²) in [6.45, 7) is 8.68. The van der Waals surface area contributed by atoms with Crippen LogP contribution in [0.5, 0.6) is 0 Å². The number of hydrogen-bond acceptors (Lipinski definition) is 2. The second-order valence-corrected chi connectivity index (χ2v) is 4.39. The van der Waals surface area contributed by atoms with E-state index in [1.807, 2.05) is 13.8 Å². The molecule has 0 unspecified atom stereocenters. The molecule has 3 nitrogen and oxygen atoms in total. The summed E-state index contributed by atoms with van der Waals surface area (Å²) in [5.74, 6) is 0. The third-order valence-electron chi connectivity index (χ3n) is 3.28. The van der Waals surface area contributed by atoms with Crippen LogP contribution in [0.15, 0.2) is 18.5 Å². The largest absolute Gasteiger partial charge is 0.389 e. The van der Waals surface area contributed by atoms with E-state index in [0.29, 0.717) is 6.54 Å². The number of rotatable bonds is 7. The van der Waals surface area contributed by atoms with Gasteiger partial charge in [0.1, 0.15) is 0 Å². The van der Waals surface area contributed by atoms with E-state index in [9.17, 15) is 5.11 Å². The average Bonchev–Trinajstić information content (AvgIpc) is 2.77. The van der Waals surface area contributed by atoms with Gasteiger partial charge >= 0.3 is 0 Å². The first-order valence-electron chi connectivity index (χ1n) is 6.21. The maximum atomic E-state index is 10.1. The first kappa shape index (κ1) is 13.3. The van der Waals surface area contributed by atoms with Gasteiger partial charge in [-0.3, -0.25) is 0 Å². The molecule has 0 radical (unpaired) electrons. The third-order valence-corrected chi connectivity index (χ3v) is 3.28. The predicted molar refractivity (Wildman–Crippen MR) is 67.3 cm³/mol. The molecule has 0 saturated carbocycles. The van der Waals surface area contributed by atoms with Crippen LogP contribution in [-0.2, 0) is 13.1 Å². The first-order chi connectivity index (χ1) is 7.63. The Bertz CT molecular complexity index is 303. The topological polar surface area (TPSA) is 37.2 Å². The number of aromatic nitrogens is 1. The highest BCUT2D eigenvalue weighted by Crippen LogP contribution is 2.13. The Kier molecular flexibility index (Phi) is 5.03. The van der Waals surface area contributed by atoms with Crippen molar-refractivity contribution >= 4 is 0 Å². The second-order valence-electron chi connectivity index (χ2n) is 4.39. The summed E-state index contributed by atoms with van der Waals surface area (Å²) in [6.07, 6.45) is 5.83. The maximum absolute atomic E-state index is 10.1. The minimum atomic E-state index is -0.548. The van der Waals surface area contributed by atoms with Gasteiger partial charge in [-0.2, -0.15) is 0 Å². The monoisotopic (exact) mass is 224 g/mol. The van der Waals surface area contributed by atoms with Crippen LogP contribution in [0.1, 0.15) is 39.2 Å². The minimum Gasteiger partial charge on any atom is -0.389 e. The van der Waals surface area contributed by atoms with E-state index in [-0.39, 0.29) is 0 Å². The smallest absolute Gasteiger partial charge is 0.0766 e. The molecule has 0 aromatic carbocycles. The fraction of sp³-hybridized carbons (Fsp3) is 0.692. The Morgan fingerprint density at radius 3 is 2.50 bits per heavy atom. The molecule has 3 heteroatoms. The van der Waals surface area contributed by atoms with Crippen LogP contribution in [-0.4, -0.2) is 21.8 Å². The molecule has 2 N–H and O–H groups in total. The summed E-state index contributed by atoms with van der Waals surface area (Å²) in [5.41, 5.74) is 0.726. The van der Waals surface area contributed by atoms with Gasteiger partial charge in [0.05, 0.1) is 5.60 Å². The quantitative estimate of drug-likeness (QED) is 0.744. The number of nitrogens with zero attached hydrogens (tertiary/aromatic N) is 1. The molecule has 0 saturated heterocycles. The number of nitrogens with one attached hydrogen (secondary N) is 1. The van der Waals surface area contributed by atoms with Crippen LogP contribution >= 0.6 is 0 Å². The molecule has 92 valence electrons. The van der Waals surface area contributed by atoms with Crippen LogP contribution in [0, 0.1) is 0 Å². The van der Waals surface area contributed by atoms with Crippen LogP contribution in [0.25, 0.3) is 0 Å². The first-order valence-corrected chi connectivity index (χ1v) is 6.21. The van der Waals surface area contributed by atoms with Gasteiger partial charge in [0.15, 0.2) is 0 Å².